The number of imide groups is 1. The molecule has 0 radical (unpaired) electrons. The molecule has 0 spiro atoms. The Kier molecular flexibility index (Phi) is 6.28. The minimum absolute atomic E-state index is 0.175. The maximum Gasteiger partial charge on any atom is 0.254 e. The minimum atomic E-state index is -0.245. The van der Waals surface area contributed by atoms with Crippen molar-refractivity contribution in [3.05, 3.63) is 70.8 Å². The maximum atomic E-state index is 12.8. The summed E-state index contributed by atoms with van der Waals surface area (Å²) in [6.45, 7) is 0.311. The highest BCUT2D eigenvalue weighted by atomic mass is 127. The van der Waals surface area contributed by atoms with Gasteiger partial charge < -0.3 is 4.74 Å². The molecule has 3 aliphatic rings. The Hall–Kier alpha value is -1.17. The number of allylic oxidation sites excluding steroid dienone is 2. The minimum Gasteiger partial charge on any atom is -0.487 e. The van der Waals surface area contributed by atoms with Gasteiger partial charge in [-0.15, -0.1) is 0 Å². The number of carbonyl (C=O) groups is 2. The molecule has 1 saturated heterocycles. The molecule has 4 atom stereocenters. The summed E-state index contributed by atoms with van der Waals surface area (Å²) in [6.07, 6.45) is 6.62. The van der Waals surface area contributed by atoms with Crippen molar-refractivity contribution in [3.63, 3.8) is 0 Å². The summed E-state index contributed by atoms with van der Waals surface area (Å²) in [6, 6.07) is 9.11. The second-order valence-corrected chi connectivity index (χ2v) is 11.2. The molecule has 2 aromatic rings. The molecule has 1 aliphatic heterocycles. The van der Waals surface area contributed by atoms with Crippen LogP contribution in [-0.4, -0.2) is 23.0 Å². The van der Waals surface area contributed by atoms with E-state index in [1.165, 1.54) is 0 Å². The molecule has 9 heteroatoms. The number of carbonyl (C=O) groups excluding carboxylic acids is 2. The van der Waals surface area contributed by atoms with Gasteiger partial charge in [0.1, 0.15) is 12.4 Å². The van der Waals surface area contributed by atoms with E-state index in [-0.39, 0.29) is 35.5 Å². The van der Waals surface area contributed by atoms with Crippen molar-refractivity contribution in [2.45, 2.75) is 13.0 Å². The van der Waals surface area contributed by atoms with E-state index in [1.54, 1.807) is 18.3 Å². The quantitative estimate of drug-likeness (QED) is 0.169. The fraction of sp³-hybridized carbons (Fsp3) is 0.261. The van der Waals surface area contributed by atoms with Gasteiger partial charge >= 0.3 is 0 Å². The second kappa shape index (κ2) is 8.88. The van der Waals surface area contributed by atoms with Gasteiger partial charge in [0.2, 0.25) is 0 Å². The van der Waals surface area contributed by atoms with Gasteiger partial charge in [-0.2, -0.15) is 10.1 Å². The molecule has 2 aromatic carbocycles. The van der Waals surface area contributed by atoms with Crippen LogP contribution in [0.5, 0.6) is 5.75 Å². The summed E-state index contributed by atoms with van der Waals surface area (Å²) in [5, 5.41) is 6.46. The van der Waals surface area contributed by atoms with Crippen molar-refractivity contribution in [2.24, 2.45) is 28.8 Å². The zero-order valence-corrected chi connectivity index (χ0v) is 22.3. The lowest BCUT2D eigenvalue weighted by molar-refractivity contribution is -0.140. The Balaban J connectivity index is 1.31. The molecule has 5 rings (SSSR count). The number of halogens is 4. The van der Waals surface area contributed by atoms with Crippen molar-refractivity contribution in [1.29, 1.82) is 0 Å². The number of fused-ring (bicyclic) bond motifs is 5. The van der Waals surface area contributed by atoms with Gasteiger partial charge in [0, 0.05) is 15.6 Å². The Morgan fingerprint density at radius 3 is 2.25 bits per heavy atom. The van der Waals surface area contributed by atoms with E-state index in [0.717, 1.165) is 35.4 Å². The number of ether oxygens (including phenoxy) is 1. The van der Waals surface area contributed by atoms with E-state index >= 15 is 0 Å². The first kappa shape index (κ1) is 22.6. The van der Waals surface area contributed by atoms with Gasteiger partial charge in [0.25, 0.3) is 11.8 Å². The van der Waals surface area contributed by atoms with Crippen molar-refractivity contribution in [1.82, 2.24) is 5.01 Å². The van der Waals surface area contributed by atoms with E-state index in [9.17, 15) is 9.59 Å². The standard InChI is InChI=1S/C23H16Cl2I2N2O3/c24-15-4-3-14(16(25)8-15)10-32-21-17(26)5-11(6-18(21)27)9-28-29-22(30)19-12-1-2-13(7-12)20(19)23(29)31/h1-6,8-9,12-13,19-20H,7,10H2/t12-,13-,19-,20+/m0/s1. The third-order valence-electron chi connectivity index (χ3n) is 6.18. The third kappa shape index (κ3) is 3.99. The molecule has 1 heterocycles. The van der Waals surface area contributed by atoms with Crippen LogP contribution in [0, 0.1) is 30.8 Å². The summed E-state index contributed by atoms with van der Waals surface area (Å²) in [4.78, 5) is 25.6. The molecule has 0 aromatic heterocycles. The lowest BCUT2D eigenvalue weighted by Crippen LogP contribution is -2.28. The van der Waals surface area contributed by atoms with Crippen LogP contribution in [0.15, 0.2) is 47.6 Å². The normalized spacial score (nSPS) is 25.9. The summed E-state index contributed by atoms with van der Waals surface area (Å²) in [7, 11) is 0. The van der Waals surface area contributed by atoms with E-state index in [2.05, 4.69) is 62.4 Å². The van der Waals surface area contributed by atoms with E-state index in [0.29, 0.717) is 16.7 Å². The van der Waals surface area contributed by atoms with Crippen LogP contribution in [0.1, 0.15) is 17.5 Å². The molecule has 0 unspecified atom stereocenters. The number of nitrogens with zero attached hydrogens (tertiary/aromatic N) is 2. The van der Waals surface area contributed by atoms with Gasteiger partial charge in [-0.25, -0.2) is 0 Å². The monoisotopic (exact) mass is 692 g/mol. The topological polar surface area (TPSA) is 59.0 Å². The summed E-state index contributed by atoms with van der Waals surface area (Å²) < 4.78 is 7.79. The largest absolute Gasteiger partial charge is 0.487 e. The molecule has 5 nitrogen and oxygen atoms in total. The maximum absolute atomic E-state index is 12.8. The SMILES string of the molecule is O=C1[C@@H]2[C@H](C(=O)N1N=Cc1cc(I)c(OCc3ccc(Cl)cc3Cl)c(I)c1)[C@H]1C=C[C@H]2C1. The highest BCUT2D eigenvalue weighted by Crippen LogP contribution is 2.52. The average Bonchev–Trinajstić information content (AvgIpc) is 3.42. The molecule has 32 heavy (non-hydrogen) atoms. The molecule has 2 amide bonds. The molecule has 0 N–H and O–H groups in total. The van der Waals surface area contributed by atoms with Crippen LogP contribution < -0.4 is 4.74 Å². The first-order valence-electron chi connectivity index (χ1n) is 9.99. The Morgan fingerprint density at radius 2 is 1.66 bits per heavy atom. The molecule has 2 aliphatic carbocycles. The Morgan fingerprint density at radius 1 is 1.03 bits per heavy atom. The van der Waals surface area contributed by atoms with Gasteiger partial charge in [-0.05, 0) is 93.3 Å². The highest BCUT2D eigenvalue weighted by Gasteiger charge is 2.59. The molecular weight excluding hydrogens is 677 g/mol. The number of rotatable bonds is 5. The average molecular weight is 693 g/mol. The van der Waals surface area contributed by atoms with Crippen LogP contribution >= 0.6 is 68.4 Å². The van der Waals surface area contributed by atoms with E-state index in [1.807, 2.05) is 18.2 Å². The predicted molar refractivity (Wildman–Crippen MR) is 140 cm³/mol. The van der Waals surface area contributed by atoms with Crippen LogP contribution in [0.3, 0.4) is 0 Å². The number of hydrogen-bond donors (Lipinski definition) is 0. The molecular formula is C23H16Cl2I2N2O3. The van der Waals surface area contributed by atoms with Crippen molar-refractivity contribution in [3.8, 4) is 5.75 Å². The van der Waals surface area contributed by atoms with Gasteiger partial charge in [0.15, 0.2) is 0 Å². The first-order valence-corrected chi connectivity index (χ1v) is 12.9. The first-order chi connectivity index (χ1) is 15.3. The highest BCUT2D eigenvalue weighted by molar-refractivity contribution is 14.1. The second-order valence-electron chi connectivity index (χ2n) is 8.07. The van der Waals surface area contributed by atoms with Crippen LogP contribution in [0.2, 0.25) is 10.0 Å². The Bertz CT molecular complexity index is 1150. The van der Waals surface area contributed by atoms with E-state index < -0.39 is 0 Å². The Labute approximate surface area is 222 Å². The van der Waals surface area contributed by atoms with E-state index in [4.69, 9.17) is 27.9 Å². The summed E-state index contributed by atoms with van der Waals surface area (Å²) in [5.41, 5.74) is 1.63. The van der Waals surface area contributed by atoms with Crippen molar-refractivity contribution >= 4 is 86.4 Å². The summed E-state index contributed by atoms with van der Waals surface area (Å²) >= 11 is 16.6. The number of amides is 2. The molecule has 1 saturated carbocycles. The lowest BCUT2D eigenvalue weighted by Gasteiger charge is -2.13. The zero-order chi connectivity index (χ0) is 22.6. The van der Waals surface area contributed by atoms with Crippen LogP contribution in [0.4, 0.5) is 0 Å². The fourth-order valence-electron chi connectivity index (χ4n) is 4.71. The molecule has 2 fully saturated rings. The van der Waals surface area contributed by atoms with Crippen LogP contribution in [-0.2, 0) is 16.2 Å². The third-order valence-corrected chi connectivity index (χ3v) is 8.37. The van der Waals surface area contributed by atoms with Crippen LogP contribution in [0.25, 0.3) is 0 Å². The number of benzene rings is 2. The fourth-order valence-corrected chi connectivity index (χ4v) is 7.30. The lowest BCUT2D eigenvalue weighted by atomic mass is 9.85. The zero-order valence-electron chi connectivity index (χ0n) is 16.5. The smallest absolute Gasteiger partial charge is 0.254 e. The van der Waals surface area contributed by atoms with Gasteiger partial charge in [0.05, 0.1) is 25.2 Å². The summed E-state index contributed by atoms with van der Waals surface area (Å²) in [5.74, 6) is 0.230. The predicted octanol–water partition coefficient (Wildman–Crippen LogP) is 5.92. The molecule has 2 bridgehead atoms. The van der Waals surface area contributed by atoms with Gasteiger partial charge in [-0.1, -0.05) is 41.4 Å². The molecule has 164 valence electrons. The van der Waals surface area contributed by atoms with Crippen molar-refractivity contribution in [2.75, 3.05) is 0 Å². The van der Waals surface area contributed by atoms with Crippen molar-refractivity contribution < 1.29 is 14.3 Å². The van der Waals surface area contributed by atoms with Gasteiger partial charge in [-0.3, -0.25) is 9.59 Å². The number of hydrazone groups is 1. The number of hydrogen-bond acceptors (Lipinski definition) is 4.